The summed E-state index contributed by atoms with van der Waals surface area (Å²) >= 11 is 0. The molecule has 94 valence electrons. The molecule has 1 heterocycles. The Kier molecular flexibility index (Phi) is 4.15. The maximum Gasteiger partial charge on any atom is 0.237 e. The highest BCUT2D eigenvalue weighted by Gasteiger charge is 2.13. The maximum absolute atomic E-state index is 11.8. The number of amides is 1. The fourth-order valence-electron chi connectivity index (χ4n) is 1.68. The van der Waals surface area contributed by atoms with Crippen molar-refractivity contribution in [2.24, 2.45) is 5.73 Å². The minimum absolute atomic E-state index is 0.171. The lowest BCUT2D eigenvalue weighted by molar-refractivity contribution is -0.122. The number of nitrogens with one attached hydrogen (secondary N) is 1. The van der Waals surface area contributed by atoms with Crippen LogP contribution < -0.4 is 11.1 Å². The molecular weight excluding hydrogens is 228 g/mol. The predicted octanol–water partition coefficient (Wildman–Crippen LogP) is 1.47. The SMILES string of the molecule is N[C@H](Cc1ccccc1)C(=O)NCc1ccco1. The molecule has 0 unspecified atom stereocenters. The monoisotopic (exact) mass is 244 g/mol. The third-order valence-corrected chi connectivity index (χ3v) is 2.65. The van der Waals surface area contributed by atoms with Crippen LogP contribution in [-0.4, -0.2) is 11.9 Å². The molecule has 3 N–H and O–H groups in total. The van der Waals surface area contributed by atoms with Gasteiger partial charge < -0.3 is 15.5 Å². The minimum atomic E-state index is -0.539. The van der Waals surface area contributed by atoms with Crippen LogP contribution in [0.25, 0.3) is 0 Å². The van der Waals surface area contributed by atoms with Crippen molar-refractivity contribution in [1.29, 1.82) is 0 Å². The van der Waals surface area contributed by atoms with E-state index >= 15 is 0 Å². The Bertz CT molecular complexity index is 480. The van der Waals surface area contributed by atoms with Crippen molar-refractivity contribution in [3.8, 4) is 0 Å². The quantitative estimate of drug-likeness (QED) is 0.836. The van der Waals surface area contributed by atoms with Crippen LogP contribution in [0.1, 0.15) is 11.3 Å². The second-order valence-corrected chi connectivity index (χ2v) is 4.09. The molecule has 0 spiro atoms. The Hall–Kier alpha value is -2.07. The number of hydrogen-bond donors (Lipinski definition) is 2. The Morgan fingerprint density at radius 1 is 1.22 bits per heavy atom. The van der Waals surface area contributed by atoms with E-state index in [2.05, 4.69) is 5.32 Å². The second-order valence-electron chi connectivity index (χ2n) is 4.09. The predicted molar refractivity (Wildman–Crippen MR) is 68.7 cm³/mol. The summed E-state index contributed by atoms with van der Waals surface area (Å²) in [6.45, 7) is 0.369. The highest BCUT2D eigenvalue weighted by molar-refractivity contribution is 5.81. The highest BCUT2D eigenvalue weighted by atomic mass is 16.3. The third-order valence-electron chi connectivity index (χ3n) is 2.65. The number of nitrogens with two attached hydrogens (primary N) is 1. The third kappa shape index (κ3) is 3.46. The first kappa shape index (κ1) is 12.4. The number of carbonyl (C=O) groups excluding carboxylic acids is 1. The van der Waals surface area contributed by atoms with Crippen LogP contribution >= 0.6 is 0 Å². The molecule has 1 atom stereocenters. The standard InChI is InChI=1S/C14H16N2O2/c15-13(9-11-5-2-1-3-6-11)14(17)16-10-12-7-4-8-18-12/h1-8,13H,9-10,15H2,(H,16,17)/t13-/m1/s1. The Morgan fingerprint density at radius 2 is 2.00 bits per heavy atom. The van der Waals surface area contributed by atoms with Gasteiger partial charge in [-0.3, -0.25) is 4.79 Å². The Labute approximate surface area is 106 Å². The van der Waals surface area contributed by atoms with Crippen molar-refractivity contribution < 1.29 is 9.21 Å². The van der Waals surface area contributed by atoms with Gasteiger partial charge in [0.05, 0.1) is 18.8 Å². The van der Waals surface area contributed by atoms with Gasteiger partial charge in [-0.15, -0.1) is 0 Å². The molecule has 0 saturated carbocycles. The van der Waals surface area contributed by atoms with E-state index in [4.69, 9.17) is 10.2 Å². The van der Waals surface area contributed by atoms with Crippen molar-refractivity contribution in [2.75, 3.05) is 0 Å². The zero-order chi connectivity index (χ0) is 12.8. The molecule has 18 heavy (non-hydrogen) atoms. The van der Waals surface area contributed by atoms with Crippen LogP contribution in [0.15, 0.2) is 53.1 Å². The average molecular weight is 244 g/mol. The van der Waals surface area contributed by atoms with E-state index in [1.54, 1.807) is 12.3 Å². The lowest BCUT2D eigenvalue weighted by atomic mass is 10.1. The van der Waals surface area contributed by atoms with Gasteiger partial charge in [-0.1, -0.05) is 30.3 Å². The molecular formula is C14H16N2O2. The minimum Gasteiger partial charge on any atom is -0.467 e. The second kappa shape index (κ2) is 6.02. The van der Waals surface area contributed by atoms with Gasteiger partial charge in [-0.25, -0.2) is 0 Å². The largest absolute Gasteiger partial charge is 0.467 e. The van der Waals surface area contributed by atoms with E-state index < -0.39 is 6.04 Å². The van der Waals surface area contributed by atoms with Gasteiger partial charge in [0, 0.05) is 0 Å². The van der Waals surface area contributed by atoms with E-state index in [9.17, 15) is 4.79 Å². The number of rotatable bonds is 5. The van der Waals surface area contributed by atoms with Gasteiger partial charge in [0.2, 0.25) is 5.91 Å². The van der Waals surface area contributed by atoms with E-state index in [0.29, 0.717) is 13.0 Å². The molecule has 0 aliphatic rings. The molecule has 0 bridgehead atoms. The van der Waals surface area contributed by atoms with Gasteiger partial charge in [0.15, 0.2) is 0 Å². The van der Waals surface area contributed by atoms with Crippen molar-refractivity contribution in [2.45, 2.75) is 19.0 Å². The van der Waals surface area contributed by atoms with Crippen LogP contribution in [0, 0.1) is 0 Å². The summed E-state index contributed by atoms with van der Waals surface area (Å²) in [5.74, 6) is 0.547. The Balaban J connectivity index is 1.82. The number of furan rings is 1. The van der Waals surface area contributed by atoms with Crippen LogP contribution in [0.2, 0.25) is 0 Å². The molecule has 2 aromatic rings. The lowest BCUT2D eigenvalue weighted by Gasteiger charge is -2.11. The molecule has 1 aromatic carbocycles. The summed E-state index contributed by atoms with van der Waals surface area (Å²) in [4.78, 5) is 11.8. The zero-order valence-corrected chi connectivity index (χ0v) is 10.0. The number of carbonyl (C=O) groups is 1. The van der Waals surface area contributed by atoms with Gasteiger partial charge >= 0.3 is 0 Å². The fraction of sp³-hybridized carbons (Fsp3) is 0.214. The van der Waals surface area contributed by atoms with E-state index in [-0.39, 0.29) is 5.91 Å². The van der Waals surface area contributed by atoms with Gasteiger partial charge in [-0.2, -0.15) is 0 Å². The summed E-state index contributed by atoms with van der Waals surface area (Å²) in [6.07, 6.45) is 2.11. The first-order valence-corrected chi connectivity index (χ1v) is 5.85. The molecule has 0 saturated heterocycles. The van der Waals surface area contributed by atoms with E-state index in [0.717, 1.165) is 11.3 Å². The summed E-state index contributed by atoms with van der Waals surface area (Å²) < 4.78 is 5.13. The van der Waals surface area contributed by atoms with Crippen molar-refractivity contribution in [1.82, 2.24) is 5.32 Å². The van der Waals surface area contributed by atoms with Crippen LogP contribution in [0.3, 0.4) is 0 Å². The van der Waals surface area contributed by atoms with E-state index in [1.165, 1.54) is 0 Å². The molecule has 1 amide bonds. The van der Waals surface area contributed by atoms with Gasteiger partial charge in [-0.05, 0) is 24.1 Å². The molecule has 4 heteroatoms. The van der Waals surface area contributed by atoms with E-state index in [1.807, 2.05) is 36.4 Å². The summed E-state index contributed by atoms with van der Waals surface area (Å²) in [5, 5.41) is 2.75. The summed E-state index contributed by atoms with van der Waals surface area (Å²) in [5.41, 5.74) is 6.90. The number of hydrogen-bond acceptors (Lipinski definition) is 3. The maximum atomic E-state index is 11.8. The van der Waals surface area contributed by atoms with Gasteiger partial charge in [0.1, 0.15) is 5.76 Å². The Morgan fingerprint density at radius 3 is 2.67 bits per heavy atom. The normalized spacial score (nSPS) is 12.1. The topological polar surface area (TPSA) is 68.3 Å². The van der Waals surface area contributed by atoms with Crippen molar-refractivity contribution in [3.05, 3.63) is 60.1 Å². The van der Waals surface area contributed by atoms with Crippen LogP contribution in [0.4, 0.5) is 0 Å². The van der Waals surface area contributed by atoms with Crippen LogP contribution in [-0.2, 0) is 17.8 Å². The molecule has 4 nitrogen and oxygen atoms in total. The lowest BCUT2D eigenvalue weighted by Crippen LogP contribution is -2.41. The van der Waals surface area contributed by atoms with Crippen molar-refractivity contribution >= 4 is 5.91 Å². The molecule has 1 aromatic heterocycles. The molecule has 0 aliphatic heterocycles. The smallest absolute Gasteiger partial charge is 0.237 e. The summed E-state index contributed by atoms with van der Waals surface area (Å²) in [6, 6.07) is 12.8. The van der Waals surface area contributed by atoms with Gasteiger partial charge in [0.25, 0.3) is 0 Å². The zero-order valence-electron chi connectivity index (χ0n) is 10.0. The molecule has 0 aliphatic carbocycles. The fourth-order valence-corrected chi connectivity index (χ4v) is 1.68. The highest BCUT2D eigenvalue weighted by Crippen LogP contribution is 2.03. The van der Waals surface area contributed by atoms with Crippen LogP contribution in [0.5, 0.6) is 0 Å². The molecule has 2 rings (SSSR count). The first-order valence-electron chi connectivity index (χ1n) is 5.85. The summed E-state index contributed by atoms with van der Waals surface area (Å²) in [7, 11) is 0. The average Bonchev–Trinajstić information content (AvgIpc) is 2.90. The molecule has 0 radical (unpaired) electrons. The number of benzene rings is 1. The first-order chi connectivity index (χ1) is 8.75. The van der Waals surface area contributed by atoms with Crippen molar-refractivity contribution in [3.63, 3.8) is 0 Å². The molecule has 0 fully saturated rings.